The molecule has 1 saturated heterocycles. The van der Waals surface area contributed by atoms with Gasteiger partial charge in [0.15, 0.2) is 5.96 Å². The molecule has 1 atom stereocenters. The van der Waals surface area contributed by atoms with E-state index in [0.717, 1.165) is 30.8 Å². The van der Waals surface area contributed by atoms with Gasteiger partial charge < -0.3 is 15.4 Å². The molecule has 0 bridgehead atoms. The summed E-state index contributed by atoms with van der Waals surface area (Å²) in [6.45, 7) is 6.85. The highest BCUT2D eigenvalue weighted by Crippen LogP contribution is 2.21. The second-order valence-electron chi connectivity index (χ2n) is 6.92. The molecule has 164 valence electrons. The maximum atomic E-state index is 13.4. The lowest BCUT2D eigenvalue weighted by molar-refractivity contribution is 0.0170. The van der Waals surface area contributed by atoms with E-state index in [1.807, 2.05) is 19.1 Å². The van der Waals surface area contributed by atoms with Crippen LogP contribution >= 0.6 is 24.0 Å². The van der Waals surface area contributed by atoms with Gasteiger partial charge in [0, 0.05) is 26.2 Å². The molecule has 1 fully saturated rings. The summed E-state index contributed by atoms with van der Waals surface area (Å²) in [4.78, 5) is 6.95. The van der Waals surface area contributed by atoms with Crippen LogP contribution in [0.1, 0.15) is 24.1 Å². The SMILES string of the molecule is CCNC(=NCc1ccc(F)cc1)NCC(c1ccc(F)cc1)N1CCOCC1.I. The van der Waals surface area contributed by atoms with Crippen molar-refractivity contribution in [3.63, 3.8) is 0 Å². The van der Waals surface area contributed by atoms with Crippen LogP contribution in [0.4, 0.5) is 8.78 Å². The molecule has 0 spiro atoms. The van der Waals surface area contributed by atoms with E-state index in [1.54, 1.807) is 12.1 Å². The van der Waals surface area contributed by atoms with Gasteiger partial charge in [0.25, 0.3) is 0 Å². The van der Waals surface area contributed by atoms with Gasteiger partial charge in [0.1, 0.15) is 11.6 Å². The number of morpholine rings is 1. The Morgan fingerprint density at radius 3 is 2.20 bits per heavy atom. The second kappa shape index (κ2) is 12.8. The van der Waals surface area contributed by atoms with Crippen LogP contribution < -0.4 is 10.6 Å². The van der Waals surface area contributed by atoms with E-state index < -0.39 is 0 Å². The van der Waals surface area contributed by atoms with Crippen molar-refractivity contribution >= 4 is 29.9 Å². The average molecular weight is 530 g/mol. The first-order valence-corrected chi connectivity index (χ1v) is 9.99. The molecule has 2 aromatic rings. The predicted octanol–water partition coefficient (Wildman–Crippen LogP) is 3.71. The highest BCUT2D eigenvalue weighted by atomic mass is 127. The lowest BCUT2D eigenvalue weighted by Gasteiger charge is -2.35. The van der Waals surface area contributed by atoms with Crippen molar-refractivity contribution in [3.8, 4) is 0 Å². The Morgan fingerprint density at radius 2 is 1.60 bits per heavy atom. The predicted molar refractivity (Wildman–Crippen MR) is 126 cm³/mol. The molecular formula is C22H29F2IN4O. The lowest BCUT2D eigenvalue weighted by Crippen LogP contribution is -2.46. The summed E-state index contributed by atoms with van der Waals surface area (Å²) < 4.78 is 32.0. The minimum absolute atomic E-state index is 0. The number of halogens is 3. The van der Waals surface area contributed by atoms with Crippen molar-refractivity contribution in [3.05, 3.63) is 71.3 Å². The molecule has 3 rings (SSSR count). The first kappa shape index (κ1) is 24.5. The molecule has 0 radical (unpaired) electrons. The molecule has 8 heteroatoms. The second-order valence-corrected chi connectivity index (χ2v) is 6.92. The van der Waals surface area contributed by atoms with Gasteiger partial charge in [-0.3, -0.25) is 4.90 Å². The van der Waals surface area contributed by atoms with Crippen LogP contribution in [0.25, 0.3) is 0 Å². The van der Waals surface area contributed by atoms with Crippen molar-refractivity contribution < 1.29 is 13.5 Å². The zero-order chi connectivity index (χ0) is 20.5. The lowest BCUT2D eigenvalue weighted by atomic mass is 10.0. The number of rotatable bonds is 7. The summed E-state index contributed by atoms with van der Waals surface area (Å²) in [5.74, 6) is 0.198. The largest absolute Gasteiger partial charge is 0.379 e. The van der Waals surface area contributed by atoms with Crippen molar-refractivity contribution in [2.75, 3.05) is 39.4 Å². The van der Waals surface area contributed by atoms with Gasteiger partial charge in [-0.1, -0.05) is 24.3 Å². The molecule has 0 amide bonds. The molecular weight excluding hydrogens is 501 g/mol. The normalized spacial score (nSPS) is 15.9. The standard InChI is InChI=1S/C22H28F2N4O.HI/c1-2-25-22(26-15-17-3-7-19(23)8-4-17)27-16-21(28-11-13-29-14-12-28)18-5-9-20(24)10-6-18;/h3-10,21H,2,11-16H2,1H3,(H2,25,26,27);1H. The molecule has 1 aliphatic rings. The average Bonchev–Trinajstić information content (AvgIpc) is 2.75. The summed E-state index contributed by atoms with van der Waals surface area (Å²) in [6.07, 6.45) is 0. The zero-order valence-corrected chi connectivity index (χ0v) is 19.4. The minimum Gasteiger partial charge on any atom is -0.379 e. The number of guanidine groups is 1. The van der Waals surface area contributed by atoms with Gasteiger partial charge in [0.05, 0.1) is 25.8 Å². The number of nitrogens with one attached hydrogen (secondary N) is 2. The van der Waals surface area contributed by atoms with Crippen LogP contribution in [0.3, 0.4) is 0 Å². The van der Waals surface area contributed by atoms with Gasteiger partial charge in [-0.15, -0.1) is 24.0 Å². The summed E-state index contributed by atoms with van der Waals surface area (Å²) in [5, 5.41) is 6.65. The number of aliphatic imine (C=N–C) groups is 1. The highest BCUT2D eigenvalue weighted by Gasteiger charge is 2.23. The first-order valence-electron chi connectivity index (χ1n) is 9.99. The fourth-order valence-electron chi connectivity index (χ4n) is 3.33. The van der Waals surface area contributed by atoms with Gasteiger partial charge in [-0.2, -0.15) is 0 Å². The topological polar surface area (TPSA) is 48.9 Å². The molecule has 2 aromatic carbocycles. The van der Waals surface area contributed by atoms with Crippen LogP contribution in [-0.4, -0.2) is 50.3 Å². The van der Waals surface area contributed by atoms with Crippen LogP contribution in [0, 0.1) is 11.6 Å². The van der Waals surface area contributed by atoms with E-state index >= 15 is 0 Å². The summed E-state index contributed by atoms with van der Waals surface area (Å²) in [6, 6.07) is 13.1. The molecule has 1 aliphatic heterocycles. The van der Waals surface area contributed by atoms with Crippen LogP contribution in [-0.2, 0) is 11.3 Å². The summed E-state index contributed by atoms with van der Waals surface area (Å²) >= 11 is 0. The van der Waals surface area contributed by atoms with Crippen LogP contribution in [0.2, 0.25) is 0 Å². The van der Waals surface area contributed by atoms with E-state index in [4.69, 9.17) is 4.74 Å². The Balaban J connectivity index is 0.00000320. The molecule has 2 N–H and O–H groups in total. The number of hydrogen-bond acceptors (Lipinski definition) is 3. The fourth-order valence-corrected chi connectivity index (χ4v) is 3.33. The van der Waals surface area contributed by atoms with Crippen molar-refractivity contribution in [2.24, 2.45) is 4.99 Å². The first-order chi connectivity index (χ1) is 14.2. The van der Waals surface area contributed by atoms with E-state index in [-0.39, 0.29) is 41.7 Å². The molecule has 0 aromatic heterocycles. The third-order valence-corrected chi connectivity index (χ3v) is 4.88. The summed E-state index contributed by atoms with van der Waals surface area (Å²) in [7, 11) is 0. The third kappa shape index (κ3) is 7.48. The van der Waals surface area contributed by atoms with E-state index in [9.17, 15) is 8.78 Å². The maximum absolute atomic E-state index is 13.4. The molecule has 0 saturated carbocycles. The molecule has 30 heavy (non-hydrogen) atoms. The Hall–Kier alpha value is -1.78. The van der Waals surface area contributed by atoms with E-state index in [0.29, 0.717) is 32.3 Å². The summed E-state index contributed by atoms with van der Waals surface area (Å²) in [5.41, 5.74) is 1.99. The molecule has 0 aliphatic carbocycles. The fraction of sp³-hybridized carbons (Fsp3) is 0.409. The van der Waals surface area contributed by atoms with Gasteiger partial charge >= 0.3 is 0 Å². The Morgan fingerprint density at radius 1 is 1.00 bits per heavy atom. The van der Waals surface area contributed by atoms with Crippen molar-refractivity contribution in [2.45, 2.75) is 19.5 Å². The van der Waals surface area contributed by atoms with Gasteiger partial charge in [-0.25, -0.2) is 13.8 Å². The highest BCUT2D eigenvalue weighted by molar-refractivity contribution is 14.0. The van der Waals surface area contributed by atoms with Crippen LogP contribution in [0.15, 0.2) is 53.5 Å². The maximum Gasteiger partial charge on any atom is 0.191 e. The number of benzene rings is 2. The van der Waals surface area contributed by atoms with E-state index in [1.165, 1.54) is 24.3 Å². The molecule has 1 unspecified atom stereocenters. The zero-order valence-electron chi connectivity index (χ0n) is 17.1. The quantitative estimate of drug-likeness (QED) is 0.326. The number of nitrogens with zero attached hydrogens (tertiary/aromatic N) is 2. The molecule has 1 heterocycles. The minimum atomic E-state index is -0.254. The number of hydrogen-bond donors (Lipinski definition) is 2. The Kier molecular flexibility index (Phi) is 10.5. The number of ether oxygens (including phenoxy) is 1. The Labute approximate surface area is 193 Å². The molecule has 5 nitrogen and oxygen atoms in total. The van der Waals surface area contributed by atoms with Gasteiger partial charge in [0.2, 0.25) is 0 Å². The third-order valence-electron chi connectivity index (χ3n) is 4.88. The van der Waals surface area contributed by atoms with Gasteiger partial charge in [-0.05, 0) is 42.3 Å². The van der Waals surface area contributed by atoms with Crippen molar-refractivity contribution in [1.82, 2.24) is 15.5 Å². The van der Waals surface area contributed by atoms with E-state index in [2.05, 4.69) is 20.5 Å². The van der Waals surface area contributed by atoms with Crippen molar-refractivity contribution in [1.29, 1.82) is 0 Å². The smallest absolute Gasteiger partial charge is 0.191 e. The Bertz CT molecular complexity index is 781. The monoisotopic (exact) mass is 530 g/mol. The van der Waals surface area contributed by atoms with Crippen LogP contribution in [0.5, 0.6) is 0 Å².